The van der Waals surface area contributed by atoms with Crippen molar-refractivity contribution < 1.29 is 0 Å². The van der Waals surface area contributed by atoms with Crippen molar-refractivity contribution in [2.24, 2.45) is 0 Å². The summed E-state index contributed by atoms with van der Waals surface area (Å²) < 4.78 is 0. The number of aromatic nitrogens is 2. The molecule has 0 aliphatic heterocycles. The Hall–Kier alpha value is -1.10. The Labute approximate surface area is 135 Å². The average molecular weight is 322 g/mol. The second-order valence-corrected chi connectivity index (χ2v) is 6.30. The number of benzene rings is 1. The summed E-state index contributed by atoms with van der Waals surface area (Å²) in [6.07, 6.45) is 0. The summed E-state index contributed by atoms with van der Waals surface area (Å²) >= 11 is 7.61. The minimum atomic E-state index is 0.759. The smallest absolute Gasteiger partial charge is 0.139 e. The lowest BCUT2D eigenvalue weighted by Crippen LogP contribution is -2.16. The summed E-state index contributed by atoms with van der Waals surface area (Å²) in [5.41, 5.74) is 3.34. The lowest BCUT2D eigenvalue weighted by Gasteiger charge is -2.11. The Bertz CT molecular complexity index is 576. The maximum atomic E-state index is 5.89. The molecule has 0 radical (unpaired) electrons. The molecule has 0 bridgehead atoms. The Morgan fingerprint density at radius 3 is 2.29 bits per heavy atom. The SMILES string of the molecule is CCNCc1c(C)nc(CSc2ccc(Cl)cc2)nc1C. The Morgan fingerprint density at radius 2 is 1.71 bits per heavy atom. The topological polar surface area (TPSA) is 37.8 Å². The summed E-state index contributed by atoms with van der Waals surface area (Å²) in [4.78, 5) is 10.4. The van der Waals surface area contributed by atoms with Gasteiger partial charge in [0.05, 0.1) is 5.75 Å². The van der Waals surface area contributed by atoms with E-state index in [0.29, 0.717) is 0 Å². The molecule has 1 heterocycles. The second-order valence-electron chi connectivity index (χ2n) is 4.81. The van der Waals surface area contributed by atoms with Crippen molar-refractivity contribution in [3.8, 4) is 0 Å². The van der Waals surface area contributed by atoms with Gasteiger partial charge in [-0.2, -0.15) is 0 Å². The third kappa shape index (κ3) is 4.70. The van der Waals surface area contributed by atoms with Gasteiger partial charge in [0.1, 0.15) is 5.82 Å². The van der Waals surface area contributed by atoms with Crippen LogP contribution in [0.5, 0.6) is 0 Å². The van der Waals surface area contributed by atoms with Gasteiger partial charge in [0.2, 0.25) is 0 Å². The van der Waals surface area contributed by atoms with Crippen LogP contribution in [0.1, 0.15) is 29.7 Å². The number of nitrogens with one attached hydrogen (secondary N) is 1. The van der Waals surface area contributed by atoms with Crippen LogP contribution in [0.4, 0.5) is 0 Å². The molecule has 0 spiro atoms. The van der Waals surface area contributed by atoms with E-state index in [-0.39, 0.29) is 0 Å². The van der Waals surface area contributed by atoms with Crippen LogP contribution < -0.4 is 5.32 Å². The zero-order valence-electron chi connectivity index (χ0n) is 12.6. The maximum absolute atomic E-state index is 5.89. The molecule has 0 amide bonds. The zero-order valence-corrected chi connectivity index (χ0v) is 14.2. The van der Waals surface area contributed by atoms with E-state index in [2.05, 4.69) is 36.1 Å². The number of hydrogen-bond donors (Lipinski definition) is 1. The average Bonchev–Trinajstić information content (AvgIpc) is 2.46. The Balaban J connectivity index is 2.05. The number of thioether (sulfide) groups is 1. The zero-order chi connectivity index (χ0) is 15.2. The van der Waals surface area contributed by atoms with Crippen molar-refractivity contribution in [1.82, 2.24) is 15.3 Å². The number of aryl methyl sites for hydroxylation is 2. The van der Waals surface area contributed by atoms with Crippen LogP contribution in [0, 0.1) is 13.8 Å². The summed E-state index contributed by atoms with van der Waals surface area (Å²) in [6, 6.07) is 7.85. The molecule has 2 aromatic rings. The third-order valence-corrected chi connectivity index (χ3v) is 4.46. The van der Waals surface area contributed by atoms with Crippen molar-refractivity contribution in [3.63, 3.8) is 0 Å². The van der Waals surface area contributed by atoms with Gasteiger partial charge in [-0.3, -0.25) is 0 Å². The molecule has 0 atom stereocenters. The Morgan fingerprint density at radius 1 is 1.10 bits per heavy atom. The number of rotatable bonds is 6. The van der Waals surface area contributed by atoms with Crippen LogP contribution in [0.2, 0.25) is 5.02 Å². The van der Waals surface area contributed by atoms with Crippen LogP contribution >= 0.6 is 23.4 Å². The molecule has 112 valence electrons. The fourth-order valence-electron chi connectivity index (χ4n) is 2.06. The predicted octanol–water partition coefficient (Wildman–Crippen LogP) is 4.15. The minimum absolute atomic E-state index is 0.759. The van der Waals surface area contributed by atoms with Crippen LogP contribution in [0.3, 0.4) is 0 Å². The van der Waals surface area contributed by atoms with E-state index in [1.165, 1.54) is 10.5 Å². The molecule has 5 heteroatoms. The molecule has 0 aliphatic rings. The van der Waals surface area contributed by atoms with Crippen molar-refractivity contribution >= 4 is 23.4 Å². The molecular weight excluding hydrogens is 302 g/mol. The van der Waals surface area contributed by atoms with Gasteiger partial charge in [-0.1, -0.05) is 18.5 Å². The van der Waals surface area contributed by atoms with E-state index in [1.54, 1.807) is 11.8 Å². The second kappa shape index (κ2) is 7.78. The van der Waals surface area contributed by atoms with Gasteiger partial charge in [-0.15, -0.1) is 11.8 Å². The number of nitrogens with zero attached hydrogens (tertiary/aromatic N) is 2. The largest absolute Gasteiger partial charge is 0.313 e. The summed E-state index contributed by atoms with van der Waals surface area (Å²) in [7, 11) is 0. The number of halogens is 1. The molecule has 1 N–H and O–H groups in total. The summed E-state index contributed by atoms with van der Waals surface area (Å²) in [5.74, 6) is 1.65. The van der Waals surface area contributed by atoms with Crippen LogP contribution in [-0.4, -0.2) is 16.5 Å². The fraction of sp³-hybridized carbons (Fsp3) is 0.375. The van der Waals surface area contributed by atoms with Crippen molar-refractivity contribution in [2.75, 3.05) is 6.54 Å². The monoisotopic (exact) mass is 321 g/mol. The fourth-order valence-corrected chi connectivity index (χ4v) is 2.94. The highest BCUT2D eigenvalue weighted by molar-refractivity contribution is 7.98. The first-order chi connectivity index (χ1) is 10.1. The van der Waals surface area contributed by atoms with E-state index in [1.807, 2.05) is 24.3 Å². The van der Waals surface area contributed by atoms with Crippen LogP contribution in [-0.2, 0) is 12.3 Å². The minimum Gasteiger partial charge on any atom is -0.313 e. The molecule has 2 rings (SSSR count). The predicted molar refractivity (Wildman–Crippen MR) is 89.9 cm³/mol. The quantitative estimate of drug-likeness (QED) is 0.811. The molecule has 3 nitrogen and oxygen atoms in total. The molecule has 0 aliphatic carbocycles. The van der Waals surface area contributed by atoms with Crippen molar-refractivity contribution in [1.29, 1.82) is 0 Å². The standard InChI is InChI=1S/C16H20ClN3S/c1-4-18-9-15-11(2)19-16(20-12(15)3)10-21-14-7-5-13(17)6-8-14/h5-8,18H,4,9-10H2,1-3H3. The lowest BCUT2D eigenvalue weighted by atomic mass is 10.1. The summed E-state index contributed by atoms with van der Waals surface area (Å²) in [6.45, 7) is 7.99. The molecule has 0 saturated heterocycles. The lowest BCUT2D eigenvalue weighted by molar-refractivity contribution is 0.707. The van der Waals surface area contributed by atoms with Gasteiger partial charge in [0.15, 0.2) is 0 Å². The van der Waals surface area contributed by atoms with Crippen molar-refractivity contribution in [2.45, 2.75) is 38.0 Å². The van der Waals surface area contributed by atoms with Crippen LogP contribution in [0.15, 0.2) is 29.2 Å². The first kappa shape index (κ1) is 16.3. The maximum Gasteiger partial charge on any atom is 0.139 e. The molecular formula is C16H20ClN3S. The van der Waals surface area contributed by atoms with Gasteiger partial charge in [-0.25, -0.2) is 9.97 Å². The van der Waals surface area contributed by atoms with Gasteiger partial charge in [-0.05, 0) is 44.7 Å². The van der Waals surface area contributed by atoms with Gasteiger partial charge >= 0.3 is 0 Å². The molecule has 1 aromatic carbocycles. The molecule has 0 fully saturated rings. The highest BCUT2D eigenvalue weighted by Gasteiger charge is 2.08. The van der Waals surface area contributed by atoms with Gasteiger partial charge in [0.25, 0.3) is 0 Å². The van der Waals surface area contributed by atoms with Gasteiger partial charge in [0, 0.05) is 33.4 Å². The highest BCUT2D eigenvalue weighted by atomic mass is 35.5. The van der Waals surface area contributed by atoms with Crippen molar-refractivity contribution in [3.05, 3.63) is 52.1 Å². The van der Waals surface area contributed by atoms with Gasteiger partial charge < -0.3 is 5.32 Å². The first-order valence-corrected chi connectivity index (χ1v) is 8.38. The molecule has 1 aromatic heterocycles. The summed E-state index contributed by atoms with van der Waals surface area (Å²) in [5, 5.41) is 4.09. The normalized spacial score (nSPS) is 10.9. The Kier molecular flexibility index (Phi) is 6.03. The van der Waals surface area contributed by atoms with Crippen LogP contribution in [0.25, 0.3) is 0 Å². The van der Waals surface area contributed by atoms with E-state index >= 15 is 0 Å². The molecule has 0 unspecified atom stereocenters. The van der Waals surface area contributed by atoms with E-state index in [0.717, 1.165) is 41.1 Å². The number of hydrogen-bond acceptors (Lipinski definition) is 4. The van der Waals surface area contributed by atoms with E-state index in [9.17, 15) is 0 Å². The third-order valence-electron chi connectivity index (χ3n) is 3.20. The highest BCUT2D eigenvalue weighted by Crippen LogP contribution is 2.23. The van der Waals surface area contributed by atoms with E-state index in [4.69, 9.17) is 11.6 Å². The first-order valence-electron chi connectivity index (χ1n) is 7.02. The molecule has 0 saturated carbocycles. The molecule has 21 heavy (non-hydrogen) atoms. The van der Waals surface area contributed by atoms with E-state index < -0.39 is 0 Å².